The van der Waals surface area contributed by atoms with E-state index in [0.29, 0.717) is 22.3 Å². The summed E-state index contributed by atoms with van der Waals surface area (Å²) in [5.74, 6) is -2.55. The second-order valence-corrected chi connectivity index (χ2v) is 9.17. The van der Waals surface area contributed by atoms with Crippen molar-refractivity contribution in [2.45, 2.75) is 6.10 Å². The maximum absolute atomic E-state index is 10.0. The first-order valence-electron chi connectivity index (χ1n) is 12.8. The molecule has 1 aliphatic rings. The number of aliphatic hydroxyl groups excluding tert-OH is 4. The number of fused-ring (bicyclic) bond motifs is 1. The van der Waals surface area contributed by atoms with Crippen LogP contribution in [0.5, 0.6) is 5.75 Å². The molecular weight excluding hydrogens is 540 g/mol. The first-order valence-corrected chi connectivity index (χ1v) is 12.8. The smallest absolute Gasteiger partial charge is 0.333 e. The number of nitrogens with zero attached hydrogens (tertiary/aromatic N) is 5. The normalized spacial score (nSPS) is 15.4. The molecule has 210 valence electrons. The van der Waals surface area contributed by atoms with Crippen LogP contribution in [0, 0.1) is 5.41 Å². The Hall–Kier alpha value is -5.88. The van der Waals surface area contributed by atoms with Crippen molar-refractivity contribution >= 4 is 17.2 Å². The van der Waals surface area contributed by atoms with Crippen molar-refractivity contribution in [2.24, 2.45) is 5.10 Å². The van der Waals surface area contributed by atoms with E-state index in [1.807, 2.05) is 60.7 Å². The number of benzene rings is 3. The van der Waals surface area contributed by atoms with Crippen molar-refractivity contribution in [1.82, 2.24) is 19.4 Å². The van der Waals surface area contributed by atoms with Crippen LogP contribution in [0.1, 0.15) is 5.56 Å². The van der Waals surface area contributed by atoms with Gasteiger partial charge in [-0.05, 0) is 42.0 Å². The summed E-state index contributed by atoms with van der Waals surface area (Å²) >= 11 is 0. The Balaban J connectivity index is 1.30. The molecule has 0 radical (unpaired) electrons. The third kappa shape index (κ3) is 4.82. The highest BCUT2D eigenvalue weighted by Crippen LogP contribution is 2.28. The van der Waals surface area contributed by atoms with E-state index in [1.54, 1.807) is 35.2 Å². The molecule has 5 N–H and O–H groups in total. The van der Waals surface area contributed by atoms with Gasteiger partial charge in [0.25, 0.3) is 0 Å². The minimum atomic E-state index is -1.27. The first kappa shape index (κ1) is 26.3. The highest BCUT2D eigenvalue weighted by Gasteiger charge is 2.32. The molecule has 5 aromatic rings. The first-order chi connectivity index (χ1) is 20.4. The van der Waals surface area contributed by atoms with Crippen LogP contribution in [0.2, 0.25) is 0 Å². The lowest BCUT2D eigenvalue weighted by atomic mass is 10.1. The monoisotopic (exact) mass is 564 g/mol. The maximum atomic E-state index is 10.0. The predicted molar refractivity (Wildman–Crippen MR) is 152 cm³/mol. The van der Waals surface area contributed by atoms with Crippen LogP contribution in [0.4, 0.5) is 0 Å². The fraction of sp³-hybridized carbons (Fsp3) is 0.0667. The van der Waals surface area contributed by atoms with Gasteiger partial charge in [0.1, 0.15) is 17.8 Å². The van der Waals surface area contributed by atoms with Crippen molar-refractivity contribution in [3.8, 4) is 22.7 Å². The lowest BCUT2D eigenvalue weighted by Crippen LogP contribution is -2.28. The molecular formula is C30H24N6O6. The number of para-hydroxylation sites is 1. The number of hydrogen-bond donors (Lipinski definition) is 5. The largest absolute Gasteiger partial charge is 0.505 e. The van der Waals surface area contributed by atoms with Crippen LogP contribution in [-0.2, 0) is 4.74 Å². The Kier molecular flexibility index (Phi) is 6.87. The number of rotatable bonds is 7. The molecule has 6 rings (SSSR count). The van der Waals surface area contributed by atoms with Gasteiger partial charge in [0, 0.05) is 5.56 Å². The lowest BCUT2D eigenvalue weighted by Gasteiger charge is -2.23. The minimum Gasteiger partial charge on any atom is -0.505 e. The van der Waals surface area contributed by atoms with E-state index in [0.717, 1.165) is 11.3 Å². The predicted octanol–water partition coefficient (Wildman–Crippen LogP) is 4.08. The molecule has 1 atom stereocenters. The Morgan fingerprint density at radius 3 is 2.31 bits per heavy atom. The third-order valence-electron chi connectivity index (χ3n) is 6.47. The van der Waals surface area contributed by atoms with E-state index < -0.39 is 35.9 Å². The van der Waals surface area contributed by atoms with Gasteiger partial charge < -0.3 is 29.9 Å². The summed E-state index contributed by atoms with van der Waals surface area (Å²) in [5.41, 5.74) is 3.56. The lowest BCUT2D eigenvalue weighted by molar-refractivity contribution is -0.0175. The molecule has 1 unspecified atom stereocenters. The molecule has 0 amide bonds. The number of aliphatic hydroxyl groups is 4. The molecule has 0 saturated carbocycles. The summed E-state index contributed by atoms with van der Waals surface area (Å²) in [7, 11) is 0. The SMILES string of the molecule is N=c1c2c(-c3ccccc3)nn(-c3ccccc3)c2ncn1/N=C\c1ccc(OC2=C(O)C(O)=C(O)C(CO)O2)cc1. The summed E-state index contributed by atoms with van der Waals surface area (Å²) in [4.78, 5) is 4.59. The van der Waals surface area contributed by atoms with E-state index in [1.165, 1.54) is 11.0 Å². The second-order valence-electron chi connectivity index (χ2n) is 9.17. The molecule has 42 heavy (non-hydrogen) atoms. The Morgan fingerprint density at radius 1 is 0.929 bits per heavy atom. The molecule has 2 aromatic heterocycles. The molecule has 12 heteroatoms. The van der Waals surface area contributed by atoms with E-state index in [-0.39, 0.29) is 11.2 Å². The van der Waals surface area contributed by atoms with Crippen LogP contribution in [0.25, 0.3) is 28.0 Å². The molecule has 0 aliphatic carbocycles. The van der Waals surface area contributed by atoms with Crippen LogP contribution in [0.15, 0.2) is 120 Å². The van der Waals surface area contributed by atoms with Crippen LogP contribution in [0.3, 0.4) is 0 Å². The Bertz CT molecular complexity index is 1910. The topological polar surface area (TPSA) is 171 Å². The molecule has 0 fully saturated rings. The molecule has 12 nitrogen and oxygen atoms in total. The van der Waals surface area contributed by atoms with Crippen molar-refractivity contribution in [3.05, 3.63) is 126 Å². The number of ether oxygens (including phenoxy) is 2. The van der Waals surface area contributed by atoms with Gasteiger partial charge in [-0.3, -0.25) is 5.41 Å². The zero-order valence-electron chi connectivity index (χ0n) is 21.9. The van der Waals surface area contributed by atoms with Gasteiger partial charge in [-0.1, -0.05) is 48.5 Å². The number of hydrogen-bond acceptors (Lipinski definition) is 10. The zero-order chi connectivity index (χ0) is 29.2. The van der Waals surface area contributed by atoms with Crippen LogP contribution < -0.4 is 10.2 Å². The summed E-state index contributed by atoms with van der Waals surface area (Å²) in [6, 6.07) is 25.7. The fourth-order valence-corrected chi connectivity index (χ4v) is 4.33. The molecule has 0 saturated heterocycles. The number of aromatic nitrogens is 4. The summed E-state index contributed by atoms with van der Waals surface area (Å²) in [6.45, 7) is -0.637. The van der Waals surface area contributed by atoms with Gasteiger partial charge in [0.15, 0.2) is 23.0 Å². The van der Waals surface area contributed by atoms with E-state index in [4.69, 9.17) is 20.0 Å². The second kappa shape index (κ2) is 10.9. The van der Waals surface area contributed by atoms with Gasteiger partial charge in [-0.2, -0.15) is 10.2 Å². The Labute approximate surface area is 238 Å². The molecule has 3 heterocycles. The fourth-order valence-electron chi connectivity index (χ4n) is 4.33. The van der Waals surface area contributed by atoms with E-state index in [9.17, 15) is 20.4 Å². The number of nitrogens with one attached hydrogen (secondary N) is 1. The van der Waals surface area contributed by atoms with Gasteiger partial charge in [0.2, 0.25) is 11.5 Å². The minimum absolute atomic E-state index is 0.101. The quantitative estimate of drug-likeness (QED) is 0.184. The Morgan fingerprint density at radius 2 is 1.62 bits per heavy atom. The molecule has 0 spiro atoms. The average Bonchev–Trinajstić information content (AvgIpc) is 3.43. The van der Waals surface area contributed by atoms with E-state index in [2.05, 4.69) is 10.1 Å². The zero-order valence-corrected chi connectivity index (χ0v) is 21.9. The summed E-state index contributed by atoms with van der Waals surface area (Å²) in [6.07, 6.45) is 1.73. The average molecular weight is 565 g/mol. The summed E-state index contributed by atoms with van der Waals surface area (Å²) in [5, 5.41) is 57.7. The summed E-state index contributed by atoms with van der Waals surface area (Å²) < 4.78 is 13.8. The van der Waals surface area contributed by atoms with Crippen molar-refractivity contribution in [1.29, 1.82) is 5.41 Å². The molecule has 3 aromatic carbocycles. The van der Waals surface area contributed by atoms with Crippen molar-refractivity contribution < 1.29 is 29.9 Å². The highest BCUT2D eigenvalue weighted by atomic mass is 16.7. The van der Waals surface area contributed by atoms with Gasteiger partial charge in [0.05, 0.1) is 23.9 Å². The van der Waals surface area contributed by atoms with Crippen molar-refractivity contribution in [3.63, 3.8) is 0 Å². The molecule has 0 bridgehead atoms. The van der Waals surface area contributed by atoms with Gasteiger partial charge in [-0.15, -0.1) is 0 Å². The van der Waals surface area contributed by atoms with Gasteiger partial charge in [-0.25, -0.2) is 14.3 Å². The standard InChI is InChI=1S/C30H24N6O6/c31-28-23-24(19-7-3-1-4-8-19)34-36(20-9-5-2-6-10-20)29(23)32-17-35(28)33-15-18-11-13-21(14-12-18)41-30-27(40)26(39)25(38)22(16-37)42-30/h1-15,17,22,31,37-40H,16H2/b31-28?,33-15-. The third-order valence-corrected chi connectivity index (χ3v) is 6.47. The van der Waals surface area contributed by atoms with E-state index >= 15 is 0 Å². The highest BCUT2D eigenvalue weighted by molar-refractivity contribution is 5.91. The van der Waals surface area contributed by atoms with Crippen molar-refractivity contribution in [2.75, 3.05) is 6.61 Å². The van der Waals surface area contributed by atoms with Crippen LogP contribution >= 0.6 is 0 Å². The van der Waals surface area contributed by atoms with Gasteiger partial charge >= 0.3 is 5.95 Å². The maximum Gasteiger partial charge on any atom is 0.333 e. The van der Waals surface area contributed by atoms with Crippen LogP contribution in [-0.4, -0.2) is 58.8 Å². The molecule has 1 aliphatic heterocycles.